The Kier molecular flexibility index (Phi) is 5.08. The molecular formula is C15H27N3O3. The Hall–Kier alpha value is -1.30. The summed E-state index contributed by atoms with van der Waals surface area (Å²) in [6, 6.07) is 0.00845. The van der Waals surface area contributed by atoms with Crippen LogP contribution in [0.4, 0.5) is 4.79 Å². The number of likely N-dealkylation sites (tertiary alicyclic amines) is 1. The zero-order valence-electron chi connectivity index (χ0n) is 13.1. The van der Waals surface area contributed by atoms with E-state index in [1.165, 1.54) is 0 Å². The van der Waals surface area contributed by atoms with Gasteiger partial charge in [-0.05, 0) is 25.7 Å². The second-order valence-electron chi connectivity index (χ2n) is 6.59. The first kappa shape index (κ1) is 16.1. The number of nitrogens with one attached hydrogen (secondary N) is 1. The second-order valence-corrected chi connectivity index (χ2v) is 6.59. The standard InChI is InChI=1S/C15H27N3O3/c1-17(2)14(20)18-9-5-12(6-10-18)13(19)16-11-15(21)7-3-4-8-15/h12,21H,3-11H2,1-2H3,(H,16,19). The average molecular weight is 297 g/mol. The quantitative estimate of drug-likeness (QED) is 0.809. The molecule has 2 fully saturated rings. The number of piperidine rings is 1. The number of urea groups is 1. The molecule has 0 bridgehead atoms. The van der Waals surface area contributed by atoms with Gasteiger partial charge in [0, 0.05) is 39.6 Å². The number of hydrogen-bond donors (Lipinski definition) is 2. The third kappa shape index (κ3) is 4.09. The summed E-state index contributed by atoms with van der Waals surface area (Å²) < 4.78 is 0. The maximum atomic E-state index is 12.2. The van der Waals surface area contributed by atoms with Crippen molar-refractivity contribution in [3.8, 4) is 0 Å². The fourth-order valence-corrected chi connectivity index (χ4v) is 3.22. The minimum Gasteiger partial charge on any atom is -0.388 e. The van der Waals surface area contributed by atoms with E-state index in [2.05, 4.69) is 5.32 Å². The molecule has 3 amide bonds. The van der Waals surface area contributed by atoms with E-state index in [-0.39, 0.29) is 17.9 Å². The molecule has 0 aromatic heterocycles. The highest BCUT2D eigenvalue weighted by atomic mass is 16.3. The molecule has 0 radical (unpaired) electrons. The topological polar surface area (TPSA) is 72.9 Å². The van der Waals surface area contributed by atoms with E-state index >= 15 is 0 Å². The summed E-state index contributed by atoms with van der Waals surface area (Å²) in [5.41, 5.74) is -0.697. The Morgan fingerprint density at radius 2 is 1.81 bits per heavy atom. The first-order valence-corrected chi connectivity index (χ1v) is 7.88. The molecule has 0 aromatic rings. The summed E-state index contributed by atoms with van der Waals surface area (Å²) in [6.45, 7) is 1.61. The van der Waals surface area contributed by atoms with Gasteiger partial charge in [-0.3, -0.25) is 4.79 Å². The zero-order valence-corrected chi connectivity index (χ0v) is 13.1. The number of rotatable bonds is 3. The van der Waals surface area contributed by atoms with Gasteiger partial charge in [-0.25, -0.2) is 4.79 Å². The van der Waals surface area contributed by atoms with Gasteiger partial charge in [0.1, 0.15) is 0 Å². The SMILES string of the molecule is CN(C)C(=O)N1CCC(C(=O)NCC2(O)CCCC2)CC1. The normalized spacial score (nSPS) is 22.1. The summed E-state index contributed by atoms with van der Waals surface area (Å²) in [5.74, 6) is -0.0199. The number of carbonyl (C=O) groups excluding carboxylic acids is 2. The van der Waals surface area contributed by atoms with Gasteiger partial charge in [-0.15, -0.1) is 0 Å². The maximum Gasteiger partial charge on any atom is 0.319 e. The number of amides is 3. The molecule has 2 N–H and O–H groups in total. The Balaban J connectivity index is 1.74. The van der Waals surface area contributed by atoms with Crippen molar-refractivity contribution in [2.75, 3.05) is 33.7 Å². The van der Waals surface area contributed by atoms with E-state index in [1.807, 2.05) is 0 Å². The molecule has 1 saturated carbocycles. The Bertz CT molecular complexity index is 384. The molecular weight excluding hydrogens is 270 g/mol. The largest absolute Gasteiger partial charge is 0.388 e. The lowest BCUT2D eigenvalue weighted by molar-refractivity contribution is -0.127. The molecule has 0 aromatic carbocycles. The third-order valence-electron chi connectivity index (χ3n) is 4.64. The van der Waals surface area contributed by atoms with Gasteiger partial charge in [-0.2, -0.15) is 0 Å². The molecule has 6 nitrogen and oxygen atoms in total. The van der Waals surface area contributed by atoms with Gasteiger partial charge in [0.15, 0.2) is 0 Å². The van der Waals surface area contributed by atoms with E-state index in [0.29, 0.717) is 32.5 Å². The van der Waals surface area contributed by atoms with Crippen molar-refractivity contribution < 1.29 is 14.7 Å². The molecule has 1 saturated heterocycles. The van der Waals surface area contributed by atoms with Crippen molar-refractivity contribution in [3.63, 3.8) is 0 Å². The van der Waals surface area contributed by atoms with E-state index in [4.69, 9.17) is 0 Å². The van der Waals surface area contributed by atoms with Crippen molar-refractivity contribution in [2.45, 2.75) is 44.1 Å². The van der Waals surface area contributed by atoms with Crippen LogP contribution in [0.25, 0.3) is 0 Å². The Morgan fingerprint density at radius 1 is 1.24 bits per heavy atom. The van der Waals surface area contributed by atoms with Crippen LogP contribution < -0.4 is 5.32 Å². The monoisotopic (exact) mass is 297 g/mol. The van der Waals surface area contributed by atoms with Crippen LogP contribution in [0.5, 0.6) is 0 Å². The molecule has 0 spiro atoms. The number of hydrogen-bond acceptors (Lipinski definition) is 3. The molecule has 6 heteroatoms. The fraction of sp³-hybridized carbons (Fsp3) is 0.867. The predicted octanol–water partition coefficient (Wildman–Crippen LogP) is 0.801. The summed E-state index contributed by atoms with van der Waals surface area (Å²) in [5, 5.41) is 13.1. The molecule has 1 aliphatic heterocycles. The summed E-state index contributed by atoms with van der Waals surface area (Å²) in [6.07, 6.45) is 5.04. The Morgan fingerprint density at radius 3 is 2.33 bits per heavy atom. The van der Waals surface area contributed by atoms with Crippen LogP contribution in [0, 0.1) is 5.92 Å². The number of aliphatic hydroxyl groups is 1. The van der Waals surface area contributed by atoms with E-state index in [0.717, 1.165) is 25.7 Å². The summed E-state index contributed by atoms with van der Waals surface area (Å²) >= 11 is 0. The van der Waals surface area contributed by atoms with Crippen molar-refractivity contribution >= 4 is 11.9 Å². The van der Waals surface area contributed by atoms with Gasteiger partial charge in [0.2, 0.25) is 5.91 Å². The van der Waals surface area contributed by atoms with Crippen LogP contribution in [-0.2, 0) is 4.79 Å². The van der Waals surface area contributed by atoms with Gasteiger partial charge >= 0.3 is 6.03 Å². The molecule has 2 aliphatic rings. The average Bonchev–Trinajstić information content (AvgIpc) is 2.91. The van der Waals surface area contributed by atoms with E-state index in [1.54, 1.807) is 23.9 Å². The number of nitrogens with zero attached hydrogens (tertiary/aromatic N) is 2. The van der Waals surface area contributed by atoms with Crippen LogP contribution in [0.2, 0.25) is 0 Å². The van der Waals surface area contributed by atoms with Crippen molar-refractivity contribution in [1.29, 1.82) is 0 Å². The minimum atomic E-state index is -0.697. The van der Waals surface area contributed by atoms with Crippen LogP contribution in [0.15, 0.2) is 0 Å². The van der Waals surface area contributed by atoms with Crippen LogP contribution >= 0.6 is 0 Å². The molecule has 21 heavy (non-hydrogen) atoms. The molecule has 1 heterocycles. The smallest absolute Gasteiger partial charge is 0.319 e. The predicted molar refractivity (Wildman–Crippen MR) is 79.8 cm³/mol. The van der Waals surface area contributed by atoms with Crippen molar-refractivity contribution in [3.05, 3.63) is 0 Å². The van der Waals surface area contributed by atoms with Crippen LogP contribution in [0.3, 0.4) is 0 Å². The highest BCUT2D eigenvalue weighted by molar-refractivity contribution is 5.79. The summed E-state index contributed by atoms with van der Waals surface area (Å²) in [7, 11) is 3.48. The number of carbonyl (C=O) groups is 2. The summed E-state index contributed by atoms with van der Waals surface area (Å²) in [4.78, 5) is 27.4. The van der Waals surface area contributed by atoms with Crippen molar-refractivity contribution in [1.82, 2.24) is 15.1 Å². The van der Waals surface area contributed by atoms with Gasteiger partial charge in [-0.1, -0.05) is 12.8 Å². The van der Waals surface area contributed by atoms with Crippen LogP contribution in [-0.4, -0.2) is 66.2 Å². The van der Waals surface area contributed by atoms with E-state index in [9.17, 15) is 14.7 Å². The first-order valence-electron chi connectivity index (χ1n) is 7.88. The second kappa shape index (κ2) is 6.64. The Labute approximate surface area is 126 Å². The molecule has 0 atom stereocenters. The molecule has 120 valence electrons. The molecule has 1 aliphatic carbocycles. The van der Waals surface area contributed by atoms with Gasteiger partial charge < -0.3 is 20.2 Å². The van der Waals surface area contributed by atoms with Crippen molar-refractivity contribution in [2.24, 2.45) is 5.92 Å². The van der Waals surface area contributed by atoms with Crippen LogP contribution in [0.1, 0.15) is 38.5 Å². The lowest BCUT2D eigenvalue weighted by atomic mass is 9.95. The minimum absolute atomic E-state index is 0.00845. The highest BCUT2D eigenvalue weighted by Crippen LogP contribution is 2.28. The lowest BCUT2D eigenvalue weighted by Gasteiger charge is -2.33. The lowest BCUT2D eigenvalue weighted by Crippen LogP contribution is -2.48. The molecule has 2 rings (SSSR count). The third-order valence-corrected chi connectivity index (χ3v) is 4.64. The maximum absolute atomic E-state index is 12.2. The highest BCUT2D eigenvalue weighted by Gasteiger charge is 2.33. The van der Waals surface area contributed by atoms with E-state index < -0.39 is 5.60 Å². The van der Waals surface area contributed by atoms with Gasteiger partial charge in [0.25, 0.3) is 0 Å². The fourth-order valence-electron chi connectivity index (χ4n) is 3.22. The first-order chi connectivity index (χ1) is 9.91. The zero-order chi connectivity index (χ0) is 15.5. The van der Waals surface area contributed by atoms with Gasteiger partial charge in [0.05, 0.1) is 5.60 Å². The molecule has 0 unspecified atom stereocenters.